The first-order valence-corrected chi connectivity index (χ1v) is 8.49. The summed E-state index contributed by atoms with van der Waals surface area (Å²) in [4.78, 5) is 14.1. The minimum atomic E-state index is -0.205. The number of carbonyl (C=O) groups is 1. The molecule has 122 valence electrons. The van der Waals surface area contributed by atoms with Gasteiger partial charge in [0.05, 0.1) is 0 Å². The fourth-order valence-corrected chi connectivity index (χ4v) is 3.10. The molecule has 3 nitrogen and oxygen atoms in total. The fraction of sp³-hybridized carbons (Fsp3) is 0.200. The molecule has 1 N–H and O–H groups in total. The van der Waals surface area contributed by atoms with Crippen LogP contribution in [0.25, 0.3) is 6.08 Å². The van der Waals surface area contributed by atoms with Crippen molar-refractivity contribution in [3.63, 3.8) is 0 Å². The molecule has 0 radical (unpaired) electrons. The number of hydrogen-bond acceptors (Lipinski definition) is 2. The molecule has 0 fully saturated rings. The molecule has 2 aromatic carbocycles. The SMILES string of the molecule is Cc1ccc(/C=C/C(=O)NC(=S)N2CCCc3ccccc32)cc1. The number of rotatable bonds is 2. The summed E-state index contributed by atoms with van der Waals surface area (Å²) in [5.41, 5.74) is 4.55. The smallest absolute Gasteiger partial charge is 0.250 e. The zero-order valence-corrected chi connectivity index (χ0v) is 14.5. The fourth-order valence-electron chi connectivity index (χ4n) is 2.81. The predicted molar refractivity (Wildman–Crippen MR) is 103 cm³/mol. The van der Waals surface area contributed by atoms with Gasteiger partial charge >= 0.3 is 0 Å². The van der Waals surface area contributed by atoms with Gasteiger partial charge in [0.2, 0.25) is 5.91 Å². The molecule has 0 saturated heterocycles. The van der Waals surface area contributed by atoms with Gasteiger partial charge in [0.25, 0.3) is 0 Å². The average molecular weight is 336 g/mol. The van der Waals surface area contributed by atoms with E-state index in [0.717, 1.165) is 30.6 Å². The number of nitrogens with zero attached hydrogens (tertiary/aromatic N) is 1. The lowest BCUT2D eigenvalue weighted by Crippen LogP contribution is -2.44. The van der Waals surface area contributed by atoms with Crippen LogP contribution < -0.4 is 10.2 Å². The Morgan fingerprint density at radius 2 is 1.92 bits per heavy atom. The van der Waals surface area contributed by atoms with E-state index in [0.29, 0.717) is 5.11 Å². The monoisotopic (exact) mass is 336 g/mol. The Kier molecular flexibility index (Phi) is 5.06. The summed E-state index contributed by atoms with van der Waals surface area (Å²) in [5.74, 6) is -0.205. The molecule has 3 rings (SSSR count). The number of thiocarbonyl (C=S) groups is 1. The van der Waals surface area contributed by atoms with Crippen molar-refractivity contribution in [3.05, 3.63) is 71.3 Å². The second-order valence-corrected chi connectivity index (χ2v) is 6.31. The zero-order chi connectivity index (χ0) is 16.9. The summed E-state index contributed by atoms with van der Waals surface area (Å²) in [6.45, 7) is 2.87. The van der Waals surface area contributed by atoms with Crippen molar-refractivity contribution in [1.82, 2.24) is 5.32 Å². The van der Waals surface area contributed by atoms with Gasteiger partial charge in [-0.25, -0.2) is 0 Å². The maximum atomic E-state index is 12.1. The van der Waals surface area contributed by atoms with Gasteiger partial charge in [0, 0.05) is 18.3 Å². The molecular formula is C20H20N2OS. The van der Waals surface area contributed by atoms with Crippen molar-refractivity contribution >= 4 is 35.0 Å². The third kappa shape index (κ3) is 3.89. The van der Waals surface area contributed by atoms with Crippen LogP contribution in [0, 0.1) is 6.92 Å². The van der Waals surface area contributed by atoms with Gasteiger partial charge in [-0.05, 0) is 55.3 Å². The van der Waals surface area contributed by atoms with Gasteiger partial charge < -0.3 is 4.90 Å². The van der Waals surface area contributed by atoms with E-state index in [1.165, 1.54) is 17.2 Å². The normalized spacial score (nSPS) is 13.6. The molecule has 1 aliphatic rings. The molecule has 0 bridgehead atoms. The van der Waals surface area contributed by atoms with Crippen LogP contribution in [0.3, 0.4) is 0 Å². The number of nitrogens with one attached hydrogen (secondary N) is 1. The summed E-state index contributed by atoms with van der Waals surface area (Å²) < 4.78 is 0. The number of para-hydroxylation sites is 1. The van der Waals surface area contributed by atoms with E-state index in [9.17, 15) is 4.79 Å². The predicted octanol–water partition coefficient (Wildman–Crippen LogP) is 3.86. The lowest BCUT2D eigenvalue weighted by molar-refractivity contribution is -0.115. The van der Waals surface area contributed by atoms with E-state index in [1.807, 2.05) is 48.2 Å². The molecule has 0 atom stereocenters. The molecule has 1 aliphatic heterocycles. The number of aryl methyl sites for hydroxylation is 2. The first-order valence-electron chi connectivity index (χ1n) is 8.08. The highest BCUT2D eigenvalue weighted by molar-refractivity contribution is 7.80. The highest BCUT2D eigenvalue weighted by atomic mass is 32.1. The number of hydrogen-bond donors (Lipinski definition) is 1. The summed E-state index contributed by atoms with van der Waals surface area (Å²) in [6, 6.07) is 16.2. The van der Waals surface area contributed by atoms with Crippen molar-refractivity contribution in [3.8, 4) is 0 Å². The van der Waals surface area contributed by atoms with Crippen LogP contribution >= 0.6 is 12.2 Å². The number of fused-ring (bicyclic) bond motifs is 1. The molecule has 0 aliphatic carbocycles. The Hall–Kier alpha value is -2.46. The van der Waals surface area contributed by atoms with Crippen LogP contribution in [-0.4, -0.2) is 17.6 Å². The Balaban J connectivity index is 1.65. The van der Waals surface area contributed by atoms with Crippen LogP contribution in [0.2, 0.25) is 0 Å². The molecule has 4 heteroatoms. The number of benzene rings is 2. The number of amides is 1. The second-order valence-electron chi connectivity index (χ2n) is 5.92. The summed E-state index contributed by atoms with van der Waals surface area (Å²) in [5, 5.41) is 3.26. The van der Waals surface area contributed by atoms with E-state index >= 15 is 0 Å². The van der Waals surface area contributed by atoms with Crippen LogP contribution in [-0.2, 0) is 11.2 Å². The van der Waals surface area contributed by atoms with Gasteiger partial charge in [-0.1, -0.05) is 48.0 Å². The van der Waals surface area contributed by atoms with E-state index in [1.54, 1.807) is 6.08 Å². The van der Waals surface area contributed by atoms with E-state index < -0.39 is 0 Å². The molecular weight excluding hydrogens is 316 g/mol. The van der Waals surface area contributed by atoms with Gasteiger partial charge in [-0.15, -0.1) is 0 Å². The van der Waals surface area contributed by atoms with E-state index in [4.69, 9.17) is 12.2 Å². The maximum Gasteiger partial charge on any atom is 0.250 e. The third-order valence-corrected chi connectivity index (χ3v) is 4.41. The third-order valence-electron chi connectivity index (χ3n) is 4.09. The molecule has 24 heavy (non-hydrogen) atoms. The van der Waals surface area contributed by atoms with Crippen LogP contribution in [0.15, 0.2) is 54.6 Å². The first-order chi connectivity index (χ1) is 11.6. The van der Waals surface area contributed by atoms with Crippen molar-refractivity contribution in [1.29, 1.82) is 0 Å². The van der Waals surface area contributed by atoms with Crippen molar-refractivity contribution < 1.29 is 4.79 Å². The maximum absolute atomic E-state index is 12.1. The molecule has 0 saturated carbocycles. The Morgan fingerprint density at radius 3 is 2.71 bits per heavy atom. The van der Waals surface area contributed by atoms with Crippen LogP contribution in [0.5, 0.6) is 0 Å². The van der Waals surface area contributed by atoms with Gasteiger partial charge in [0.1, 0.15) is 0 Å². The molecule has 0 unspecified atom stereocenters. The Morgan fingerprint density at radius 1 is 1.17 bits per heavy atom. The molecule has 1 heterocycles. The Bertz CT molecular complexity index is 780. The summed E-state index contributed by atoms with van der Waals surface area (Å²) in [7, 11) is 0. The highest BCUT2D eigenvalue weighted by Crippen LogP contribution is 2.26. The molecule has 2 aromatic rings. The minimum Gasteiger partial charge on any atom is -0.318 e. The topological polar surface area (TPSA) is 32.3 Å². The van der Waals surface area contributed by atoms with Crippen LogP contribution in [0.4, 0.5) is 5.69 Å². The zero-order valence-electron chi connectivity index (χ0n) is 13.7. The van der Waals surface area contributed by atoms with E-state index in [2.05, 4.69) is 17.4 Å². The van der Waals surface area contributed by atoms with Crippen LogP contribution in [0.1, 0.15) is 23.1 Å². The molecule has 0 aromatic heterocycles. The lowest BCUT2D eigenvalue weighted by atomic mass is 10.0. The second kappa shape index (κ2) is 7.41. The quantitative estimate of drug-likeness (QED) is 0.667. The van der Waals surface area contributed by atoms with Crippen molar-refractivity contribution in [2.45, 2.75) is 19.8 Å². The standard InChI is InChI=1S/C20H20N2OS/c1-15-8-10-16(11-9-15)12-13-19(23)21-20(24)22-14-4-6-17-5-2-3-7-18(17)22/h2-3,5,7-13H,4,6,14H2,1H3,(H,21,23,24)/b13-12+. The highest BCUT2D eigenvalue weighted by Gasteiger charge is 2.20. The van der Waals surface area contributed by atoms with Gasteiger partial charge in [-0.2, -0.15) is 0 Å². The number of carbonyl (C=O) groups excluding carboxylic acids is 1. The number of anilines is 1. The summed E-state index contributed by atoms with van der Waals surface area (Å²) in [6.07, 6.45) is 5.40. The summed E-state index contributed by atoms with van der Waals surface area (Å²) >= 11 is 5.43. The largest absolute Gasteiger partial charge is 0.318 e. The molecule has 1 amide bonds. The minimum absolute atomic E-state index is 0.205. The van der Waals surface area contributed by atoms with Crippen molar-refractivity contribution in [2.24, 2.45) is 0 Å². The molecule has 0 spiro atoms. The van der Waals surface area contributed by atoms with Crippen molar-refractivity contribution in [2.75, 3.05) is 11.4 Å². The average Bonchev–Trinajstić information content (AvgIpc) is 2.60. The van der Waals surface area contributed by atoms with Gasteiger partial charge in [-0.3, -0.25) is 10.1 Å². The van der Waals surface area contributed by atoms with Gasteiger partial charge in [0.15, 0.2) is 5.11 Å². The first kappa shape index (κ1) is 16.4. The van der Waals surface area contributed by atoms with E-state index in [-0.39, 0.29) is 5.91 Å². The lowest BCUT2D eigenvalue weighted by Gasteiger charge is -2.31. The Labute approximate surface area is 148 Å².